The minimum atomic E-state index is -0.367. The third-order valence-corrected chi connectivity index (χ3v) is 4.10. The highest BCUT2D eigenvalue weighted by Gasteiger charge is 2.13. The van der Waals surface area contributed by atoms with E-state index in [0.717, 1.165) is 5.56 Å². The van der Waals surface area contributed by atoms with Gasteiger partial charge in [-0.2, -0.15) is 10.4 Å². The van der Waals surface area contributed by atoms with Crippen LogP contribution >= 0.6 is 11.6 Å². The average molecular weight is 384 g/mol. The van der Waals surface area contributed by atoms with E-state index in [2.05, 4.69) is 20.7 Å². The average Bonchev–Trinajstić information content (AvgIpc) is 3.31. The van der Waals surface area contributed by atoms with Gasteiger partial charge in [-0.1, -0.05) is 22.8 Å². The number of nitrogens with one attached hydrogen (secondary N) is 2. The van der Waals surface area contributed by atoms with E-state index in [4.69, 9.17) is 21.4 Å². The van der Waals surface area contributed by atoms with Crippen molar-refractivity contribution >= 4 is 23.3 Å². The quantitative estimate of drug-likeness (QED) is 0.630. The highest BCUT2D eigenvalue weighted by Crippen LogP contribution is 2.25. The minimum Gasteiger partial charge on any atom is -0.361 e. The molecule has 8 nitrogen and oxygen atoms in total. The number of hydrogen-bond donors (Lipinski definition) is 2. The van der Waals surface area contributed by atoms with Gasteiger partial charge in [-0.15, -0.1) is 0 Å². The highest BCUT2D eigenvalue weighted by atomic mass is 35.5. The molecule has 136 valence electrons. The van der Waals surface area contributed by atoms with Crippen LogP contribution < -0.4 is 5.32 Å². The summed E-state index contributed by atoms with van der Waals surface area (Å²) in [5.74, 6) is -0.00386. The van der Waals surface area contributed by atoms with Crippen LogP contribution in [0.5, 0.6) is 0 Å². The monoisotopic (exact) mass is 383 g/mol. The van der Waals surface area contributed by atoms with Gasteiger partial charge in [-0.05, 0) is 18.2 Å². The molecule has 27 heavy (non-hydrogen) atoms. The number of aromatic nitrogens is 3. The molecule has 0 unspecified atom stereocenters. The Bertz CT molecular complexity index is 1050. The molecule has 2 N–H and O–H groups in total. The lowest BCUT2D eigenvalue weighted by molar-refractivity contribution is 0.0948. The van der Waals surface area contributed by atoms with Crippen LogP contribution in [-0.2, 0) is 6.42 Å². The Labute approximate surface area is 159 Å². The second-order valence-corrected chi connectivity index (χ2v) is 6.12. The first-order chi connectivity index (χ1) is 13.0. The molecule has 3 aromatic rings. The number of hydrogen-bond acceptors (Lipinski definition) is 6. The first-order valence-corrected chi connectivity index (χ1v) is 8.36. The second-order valence-electron chi connectivity index (χ2n) is 5.71. The Balaban J connectivity index is 1.58. The van der Waals surface area contributed by atoms with Crippen LogP contribution in [0.4, 0.5) is 0 Å². The summed E-state index contributed by atoms with van der Waals surface area (Å²) in [5, 5.41) is 22.2. The number of nitrogens with zero attached hydrogens (tertiary/aromatic N) is 3. The van der Waals surface area contributed by atoms with Crippen LogP contribution in [0.1, 0.15) is 39.2 Å². The van der Waals surface area contributed by atoms with Gasteiger partial charge in [0.05, 0.1) is 10.6 Å². The van der Waals surface area contributed by atoms with Crippen LogP contribution in [0.15, 0.2) is 34.9 Å². The number of carbonyl (C=O) groups is 2. The van der Waals surface area contributed by atoms with Gasteiger partial charge >= 0.3 is 0 Å². The van der Waals surface area contributed by atoms with Crippen molar-refractivity contribution in [1.29, 1.82) is 5.26 Å². The zero-order valence-corrected chi connectivity index (χ0v) is 15.0. The van der Waals surface area contributed by atoms with Gasteiger partial charge in [0.2, 0.25) is 0 Å². The van der Waals surface area contributed by atoms with E-state index < -0.39 is 0 Å². The molecule has 0 spiro atoms. The van der Waals surface area contributed by atoms with Crippen molar-refractivity contribution in [2.45, 2.75) is 13.3 Å². The summed E-state index contributed by atoms with van der Waals surface area (Å²) in [6, 6.07) is 10.1. The second kappa shape index (κ2) is 7.85. The number of Topliss-reactive ketones (excluding diaryl/α,β-unsaturated/α-hetero) is 1. The molecule has 0 aliphatic heterocycles. The number of H-pyrrole nitrogens is 1. The Kier molecular flexibility index (Phi) is 5.33. The van der Waals surface area contributed by atoms with Gasteiger partial charge in [-0.25, -0.2) is 0 Å². The number of amides is 1. The molecule has 0 fully saturated rings. The largest absolute Gasteiger partial charge is 0.361 e. The van der Waals surface area contributed by atoms with Crippen LogP contribution in [0, 0.1) is 11.3 Å². The van der Waals surface area contributed by atoms with E-state index in [1.165, 1.54) is 13.0 Å². The third kappa shape index (κ3) is 4.22. The molecule has 2 aromatic heterocycles. The number of benzene rings is 1. The number of rotatable bonds is 6. The predicted octanol–water partition coefficient (Wildman–Crippen LogP) is 2.76. The van der Waals surface area contributed by atoms with Gasteiger partial charge in [0, 0.05) is 31.5 Å². The van der Waals surface area contributed by atoms with Crippen LogP contribution in [-0.4, -0.2) is 33.6 Å². The minimum absolute atomic E-state index is 0.209. The molecule has 1 aromatic carbocycles. The van der Waals surface area contributed by atoms with E-state index in [1.54, 1.807) is 24.3 Å². The maximum absolute atomic E-state index is 12.0. The Morgan fingerprint density at radius 1 is 1.33 bits per heavy atom. The van der Waals surface area contributed by atoms with Crippen molar-refractivity contribution in [1.82, 2.24) is 20.7 Å². The van der Waals surface area contributed by atoms with Crippen molar-refractivity contribution < 1.29 is 14.1 Å². The topological polar surface area (TPSA) is 125 Å². The van der Waals surface area contributed by atoms with Crippen molar-refractivity contribution in [3.05, 3.63) is 58.1 Å². The maximum atomic E-state index is 12.0. The van der Waals surface area contributed by atoms with Crippen LogP contribution in [0.25, 0.3) is 11.3 Å². The molecular formula is C18H14ClN5O3. The SMILES string of the molecule is CC(=O)c1cc(C(=O)NCCc2cc(-c3ccc(C#N)c(Cl)c3)no2)[nH]n1. The predicted molar refractivity (Wildman–Crippen MR) is 96.3 cm³/mol. The molecule has 0 aliphatic carbocycles. The fourth-order valence-corrected chi connectivity index (χ4v) is 2.57. The Morgan fingerprint density at radius 3 is 2.81 bits per heavy atom. The van der Waals surface area contributed by atoms with Crippen molar-refractivity contribution in [2.75, 3.05) is 6.54 Å². The molecular weight excluding hydrogens is 370 g/mol. The molecule has 3 rings (SSSR count). The highest BCUT2D eigenvalue weighted by molar-refractivity contribution is 6.32. The molecule has 0 radical (unpaired) electrons. The molecule has 1 amide bonds. The van der Waals surface area contributed by atoms with E-state index in [9.17, 15) is 9.59 Å². The van der Waals surface area contributed by atoms with Gasteiger partial charge in [-0.3, -0.25) is 14.7 Å². The van der Waals surface area contributed by atoms with E-state index in [-0.39, 0.29) is 23.1 Å². The normalized spacial score (nSPS) is 10.4. The van der Waals surface area contributed by atoms with Crippen molar-refractivity contribution in [3.8, 4) is 17.3 Å². The molecule has 0 aliphatic rings. The molecule has 0 saturated heterocycles. The van der Waals surface area contributed by atoms with E-state index >= 15 is 0 Å². The smallest absolute Gasteiger partial charge is 0.269 e. The van der Waals surface area contributed by atoms with E-state index in [0.29, 0.717) is 35.0 Å². The zero-order chi connectivity index (χ0) is 19.4. The number of halogens is 1. The number of aromatic amines is 1. The molecule has 2 heterocycles. The van der Waals surface area contributed by atoms with Gasteiger partial charge in [0.25, 0.3) is 5.91 Å². The summed E-state index contributed by atoms with van der Waals surface area (Å²) >= 11 is 6.03. The Hall–Kier alpha value is -3.44. The van der Waals surface area contributed by atoms with Crippen LogP contribution in [0.2, 0.25) is 5.02 Å². The summed E-state index contributed by atoms with van der Waals surface area (Å²) in [6.45, 7) is 1.69. The summed E-state index contributed by atoms with van der Waals surface area (Å²) in [4.78, 5) is 23.2. The summed E-state index contributed by atoms with van der Waals surface area (Å²) in [5.41, 5.74) is 2.13. The van der Waals surface area contributed by atoms with Gasteiger partial charge in [0.1, 0.15) is 28.9 Å². The number of nitriles is 1. The van der Waals surface area contributed by atoms with Crippen molar-refractivity contribution in [3.63, 3.8) is 0 Å². The molecule has 0 bridgehead atoms. The standard InChI is InChI=1S/C18H14ClN5O3/c1-10(25)15-8-17(23-22-15)18(26)21-5-4-13-7-16(24-27-13)11-2-3-12(9-20)14(19)6-11/h2-3,6-8H,4-5H2,1H3,(H,21,26)(H,22,23). The fourth-order valence-electron chi connectivity index (χ4n) is 2.34. The lowest BCUT2D eigenvalue weighted by atomic mass is 10.1. The Morgan fingerprint density at radius 2 is 2.15 bits per heavy atom. The summed E-state index contributed by atoms with van der Waals surface area (Å²) in [7, 11) is 0. The van der Waals surface area contributed by atoms with Crippen LogP contribution in [0.3, 0.4) is 0 Å². The van der Waals surface area contributed by atoms with Crippen molar-refractivity contribution in [2.24, 2.45) is 0 Å². The molecule has 9 heteroatoms. The number of ketones is 1. The first-order valence-electron chi connectivity index (χ1n) is 7.98. The summed E-state index contributed by atoms with van der Waals surface area (Å²) < 4.78 is 5.26. The van der Waals surface area contributed by atoms with E-state index in [1.807, 2.05) is 6.07 Å². The number of carbonyl (C=O) groups excluding carboxylic acids is 2. The maximum Gasteiger partial charge on any atom is 0.269 e. The fraction of sp³-hybridized carbons (Fsp3) is 0.167. The first kappa shape index (κ1) is 18.4. The summed E-state index contributed by atoms with van der Waals surface area (Å²) in [6.07, 6.45) is 0.427. The zero-order valence-electron chi connectivity index (χ0n) is 14.2. The molecule has 0 saturated carbocycles. The lowest BCUT2D eigenvalue weighted by Gasteiger charge is -2.00. The molecule has 0 atom stereocenters. The van der Waals surface area contributed by atoms with Gasteiger partial charge in [0.15, 0.2) is 5.78 Å². The third-order valence-electron chi connectivity index (χ3n) is 3.78. The lowest BCUT2D eigenvalue weighted by Crippen LogP contribution is -2.25. The van der Waals surface area contributed by atoms with Gasteiger partial charge < -0.3 is 9.84 Å².